The Bertz CT molecular complexity index is 1030. The maximum absolute atomic E-state index is 10.9. The summed E-state index contributed by atoms with van der Waals surface area (Å²) in [6.45, 7) is 2.00. The molecule has 3 rings (SSSR count). The standard InChI is InChI=1S/C21H18ClNO5/c1-13-16(22)4-3-5-17(13)23-11-14-6-8-18(20(10-14)26-2)27-12-15-7-9-19(28-15)21(24)25/h3-11H,12H2,1-2H3,(H,24,25). The third-order valence-electron chi connectivity index (χ3n) is 4.02. The number of rotatable bonds is 7. The molecule has 0 aliphatic rings. The van der Waals surface area contributed by atoms with Crippen LogP contribution in [0.25, 0.3) is 0 Å². The van der Waals surface area contributed by atoms with Crippen molar-refractivity contribution in [3.05, 3.63) is 76.2 Å². The van der Waals surface area contributed by atoms with Gasteiger partial charge >= 0.3 is 5.97 Å². The van der Waals surface area contributed by atoms with Gasteiger partial charge in [0.2, 0.25) is 5.76 Å². The summed E-state index contributed by atoms with van der Waals surface area (Å²) in [5.74, 6) is 0.181. The normalized spacial score (nSPS) is 11.0. The first-order valence-corrected chi connectivity index (χ1v) is 8.77. The van der Waals surface area contributed by atoms with Gasteiger partial charge in [-0.3, -0.25) is 4.99 Å². The lowest BCUT2D eigenvalue weighted by molar-refractivity contribution is 0.0658. The second kappa shape index (κ2) is 8.63. The van der Waals surface area contributed by atoms with Crippen LogP contribution in [-0.4, -0.2) is 24.4 Å². The van der Waals surface area contributed by atoms with Crippen molar-refractivity contribution in [1.29, 1.82) is 0 Å². The maximum atomic E-state index is 10.9. The minimum atomic E-state index is -1.12. The number of halogens is 1. The number of carbonyl (C=O) groups is 1. The second-order valence-electron chi connectivity index (χ2n) is 5.91. The summed E-state index contributed by atoms with van der Waals surface area (Å²) >= 11 is 6.12. The predicted octanol–water partition coefficient (Wildman–Crippen LogP) is 5.28. The molecule has 1 aromatic heterocycles. The van der Waals surface area contributed by atoms with Crippen LogP contribution in [0.15, 0.2) is 57.9 Å². The molecule has 0 fully saturated rings. The summed E-state index contributed by atoms with van der Waals surface area (Å²) in [4.78, 5) is 15.3. The van der Waals surface area contributed by atoms with Crippen LogP contribution in [0.2, 0.25) is 5.02 Å². The molecule has 0 saturated carbocycles. The van der Waals surface area contributed by atoms with E-state index in [9.17, 15) is 4.79 Å². The molecule has 0 spiro atoms. The highest BCUT2D eigenvalue weighted by atomic mass is 35.5. The van der Waals surface area contributed by atoms with Crippen LogP contribution < -0.4 is 9.47 Å². The van der Waals surface area contributed by atoms with Gasteiger partial charge in [-0.1, -0.05) is 17.7 Å². The number of furan rings is 1. The van der Waals surface area contributed by atoms with Gasteiger partial charge in [0.05, 0.1) is 12.8 Å². The van der Waals surface area contributed by atoms with Gasteiger partial charge in [-0.2, -0.15) is 0 Å². The van der Waals surface area contributed by atoms with E-state index in [0.717, 1.165) is 16.8 Å². The smallest absolute Gasteiger partial charge is 0.371 e. The van der Waals surface area contributed by atoms with Crippen LogP contribution in [0.1, 0.15) is 27.4 Å². The molecule has 7 heteroatoms. The average Bonchev–Trinajstić information content (AvgIpc) is 3.17. The first-order chi connectivity index (χ1) is 13.5. The Morgan fingerprint density at radius 3 is 2.75 bits per heavy atom. The zero-order chi connectivity index (χ0) is 20.1. The predicted molar refractivity (Wildman–Crippen MR) is 106 cm³/mol. The Hall–Kier alpha value is -3.25. The lowest BCUT2D eigenvalue weighted by Gasteiger charge is -2.10. The number of hydrogen-bond acceptors (Lipinski definition) is 5. The largest absolute Gasteiger partial charge is 0.493 e. The van der Waals surface area contributed by atoms with Crippen molar-refractivity contribution in [2.45, 2.75) is 13.5 Å². The Balaban J connectivity index is 1.73. The Morgan fingerprint density at radius 2 is 2.04 bits per heavy atom. The van der Waals surface area contributed by atoms with Crippen LogP contribution in [0, 0.1) is 6.92 Å². The number of aromatic carboxylic acids is 1. The Labute approximate surface area is 167 Å². The molecular formula is C21H18ClNO5. The molecule has 144 valence electrons. The molecule has 0 saturated heterocycles. The lowest BCUT2D eigenvalue weighted by Crippen LogP contribution is -1.98. The first-order valence-electron chi connectivity index (χ1n) is 8.40. The zero-order valence-corrected chi connectivity index (χ0v) is 16.1. The molecule has 0 bridgehead atoms. The molecule has 1 heterocycles. The molecule has 0 unspecified atom stereocenters. The number of methoxy groups -OCH3 is 1. The molecule has 0 radical (unpaired) electrons. The van der Waals surface area contributed by atoms with Crippen LogP contribution in [0.5, 0.6) is 11.5 Å². The number of hydrogen-bond donors (Lipinski definition) is 1. The quantitative estimate of drug-likeness (QED) is 0.547. The molecule has 1 N–H and O–H groups in total. The van der Waals surface area contributed by atoms with Crippen molar-refractivity contribution in [1.82, 2.24) is 0 Å². The molecule has 0 atom stereocenters. The third kappa shape index (κ3) is 4.53. The van der Waals surface area contributed by atoms with Crippen LogP contribution in [0.3, 0.4) is 0 Å². The molecule has 0 aliphatic carbocycles. The van der Waals surface area contributed by atoms with E-state index in [1.54, 1.807) is 31.5 Å². The second-order valence-corrected chi connectivity index (χ2v) is 6.32. The maximum Gasteiger partial charge on any atom is 0.371 e. The highest BCUT2D eigenvalue weighted by Gasteiger charge is 2.11. The van der Waals surface area contributed by atoms with Crippen molar-refractivity contribution in [2.75, 3.05) is 7.11 Å². The van der Waals surface area contributed by atoms with Gasteiger partial charge in [0, 0.05) is 11.2 Å². The molecule has 0 aliphatic heterocycles. The molecular weight excluding hydrogens is 382 g/mol. The number of carboxylic acids is 1. The fourth-order valence-electron chi connectivity index (χ4n) is 2.48. The van der Waals surface area contributed by atoms with E-state index in [1.807, 2.05) is 31.2 Å². The average molecular weight is 400 g/mol. The van der Waals surface area contributed by atoms with Crippen LogP contribution in [-0.2, 0) is 6.61 Å². The van der Waals surface area contributed by atoms with Gasteiger partial charge in [-0.25, -0.2) is 4.79 Å². The summed E-state index contributed by atoms with van der Waals surface area (Å²) < 4.78 is 16.2. The van der Waals surface area contributed by atoms with Crippen LogP contribution in [0.4, 0.5) is 5.69 Å². The SMILES string of the molecule is COc1cc(C=Nc2cccc(Cl)c2C)ccc1OCc1ccc(C(=O)O)o1. The number of carboxylic acid groups (broad SMARTS) is 1. The van der Waals surface area contributed by atoms with Gasteiger partial charge < -0.3 is 19.0 Å². The summed E-state index contributed by atoms with van der Waals surface area (Å²) in [7, 11) is 1.54. The molecule has 28 heavy (non-hydrogen) atoms. The topological polar surface area (TPSA) is 81.3 Å². The molecule has 6 nitrogen and oxygen atoms in total. The van der Waals surface area contributed by atoms with Gasteiger partial charge in [0.25, 0.3) is 0 Å². The number of ether oxygens (including phenoxy) is 2. The Morgan fingerprint density at radius 1 is 1.21 bits per heavy atom. The van der Waals surface area contributed by atoms with E-state index in [1.165, 1.54) is 6.07 Å². The zero-order valence-electron chi connectivity index (χ0n) is 15.3. The fourth-order valence-corrected chi connectivity index (χ4v) is 2.65. The summed E-state index contributed by atoms with van der Waals surface area (Å²) in [5.41, 5.74) is 2.53. The monoisotopic (exact) mass is 399 g/mol. The van der Waals surface area contributed by atoms with Crippen molar-refractivity contribution in [3.63, 3.8) is 0 Å². The number of benzene rings is 2. The summed E-state index contributed by atoms with van der Waals surface area (Å²) in [5, 5.41) is 9.55. The van der Waals surface area contributed by atoms with Gasteiger partial charge in [-0.15, -0.1) is 0 Å². The van der Waals surface area contributed by atoms with E-state index >= 15 is 0 Å². The molecule has 0 amide bonds. The third-order valence-corrected chi connectivity index (χ3v) is 4.43. The lowest BCUT2D eigenvalue weighted by atomic mass is 10.2. The first kappa shape index (κ1) is 19.5. The van der Waals surface area contributed by atoms with E-state index in [-0.39, 0.29) is 12.4 Å². The molecule has 2 aromatic carbocycles. The van der Waals surface area contributed by atoms with E-state index in [0.29, 0.717) is 22.3 Å². The minimum absolute atomic E-state index is 0.0821. The highest BCUT2D eigenvalue weighted by Crippen LogP contribution is 2.29. The van der Waals surface area contributed by atoms with E-state index < -0.39 is 5.97 Å². The molecule has 3 aromatic rings. The van der Waals surface area contributed by atoms with Crippen molar-refractivity contribution >= 4 is 29.5 Å². The minimum Gasteiger partial charge on any atom is -0.493 e. The van der Waals surface area contributed by atoms with Crippen molar-refractivity contribution in [2.24, 2.45) is 4.99 Å². The summed E-state index contributed by atoms with van der Waals surface area (Å²) in [6, 6.07) is 13.9. The summed E-state index contributed by atoms with van der Waals surface area (Å²) in [6.07, 6.45) is 1.72. The van der Waals surface area contributed by atoms with Gasteiger partial charge in [-0.05, 0) is 60.5 Å². The number of nitrogens with zero attached hydrogens (tertiary/aromatic N) is 1. The number of aliphatic imine (C=N–C) groups is 1. The van der Waals surface area contributed by atoms with Gasteiger partial charge in [0.1, 0.15) is 12.4 Å². The van der Waals surface area contributed by atoms with E-state index in [4.69, 9.17) is 30.6 Å². The van der Waals surface area contributed by atoms with Gasteiger partial charge in [0.15, 0.2) is 11.5 Å². The van der Waals surface area contributed by atoms with Crippen molar-refractivity contribution in [3.8, 4) is 11.5 Å². The highest BCUT2D eigenvalue weighted by molar-refractivity contribution is 6.31. The van der Waals surface area contributed by atoms with Crippen LogP contribution >= 0.6 is 11.6 Å². The Kier molecular flexibility index (Phi) is 6.01. The van der Waals surface area contributed by atoms with E-state index in [2.05, 4.69) is 4.99 Å². The fraction of sp³-hybridized carbons (Fsp3) is 0.143. The van der Waals surface area contributed by atoms with Crippen molar-refractivity contribution < 1.29 is 23.8 Å².